The third-order valence-electron chi connectivity index (χ3n) is 6.49. The second kappa shape index (κ2) is 9.36. The van der Waals surface area contributed by atoms with Crippen molar-refractivity contribution in [1.29, 1.82) is 0 Å². The molecule has 8 nitrogen and oxygen atoms in total. The summed E-state index contributed by atoms with van der Waals surface area (Å²) in [6.07, 6.45) is -0.514. The maximum atomic E-state index is 13.3. The lowest BCUT2D eigenvalue weighted by molar-refractivity contribution is -0.160. The topological polar surface area (TPSA) is 108 Å². The Hall–Kier alpha value is -2.76. The number of aliphatic carboxylic acids is 1. The Morgan fingerprint density at radius 2 is 1.91 bits per heavy atom. The number of nitrogens with one attached hydrogen (secondary N) is 1. The molecule has 1 saturated carbocycles. The van der Waals surface area contributed by atoms with Gasteiger partial charge in [0.15, 0.2) is 5.71 Å². The predicted molar refractivity (Wildman–Crippen MR) is 122 cm³/mol. The number of halogens is 3. The summed E-state index contributed by atoms with van der Waals surface area (Å²) < 4.78 is 39.1. The van der Waals surface area contributed by atoms with Gasteiger partial charge in [-0.3, -0.25) is 9.59 Å². The Bertz CT molecular complexity index is 1060. The van der Waals surface area contributed by atoms with Gasteiger partial charge in [0.1, 0.15) is 23.6 Å². The fraction of sp³-hybridized carbons (Fsp3) is 0.565. The number of fused-ring (bicyclic) bond motifs is 1. The van der Waals surface area contributed by atoms with Crippen LogP contribution in [0.5, 0.6) is 0 Å². The molecule has 2 N–H and O–H groups in total. The van der Waals surface area contributed by atoms with Gasteiger partial charge in [-0.1, -0.05) is 23.7 Å². The first-order valence-electron chi connectivity index (χ1n) is 11.4. The number of carboxylic acid groups (broad SMARTS) is 1. The monoisotopic (exact) mass is 513 g/mol. The molecule has 2 heterocycles. The Balaban J connectivity index is 1.58. The molecule has 0 bridgehead atoms. The van der Waals surface area contributed by atoms with Crippen LogP contribution in [0.4, 0.5) is 13.2 Å². The van der Waals surface area contributed by atoms with Gasteiger partial charge in [-0.25, -0.2) is 4.79 Å². The Morgan fingerprint density at radius 3 is 2.54 bits per heavy atom. The van der Waals surface area contributed by atoms with Crippen LogP contribution in [0, 0.1) is 0 Å². The van der Waals surface area contributed by atoms with Gasteiger partial charge in [0, 0.05) is 10.3 Å². The summed E-state index contributed by atoms with van der Waals surface area (Å²) in [6.45, 7) is 3.41. The van der Waals surface area contributed by atoms with E-state index in [9.17, 15) is 32.7 Å². The van der Waals surface area contributed by atoms with Crippen LogP contribution in [0.3, 0.4) is 0 Å². The lowest BCUT2D eigenvalue weighted by Crippen LogP contribution is -2.71. The van der Waals surface area contributed by atoms with Gasteiger partial charge in [-0.05, 0) is 51.7 Å². The Kier molecular flexibility index (Phi) is 6.78. The highest BCUT2D eigenvalue weighted by Gasteiger charge is 2.64. The van der Waals surface area contributed by atoms with E-state index in [1.165, 1.54) is 28.8 Å². The smallest absolute Gasteiger partial charge is 0.416 e. The standard InChI is InChI=1S/C23H26F3N3O5S/c1-22(2)17(21(32)33)29-19(31)16(20(29)35-22)27-18(30)15(28-34-14-9-4-3-5-10-14)12-7-6-8-13(11-12)23(24,25)26/h6-8,11,14,16-17,20H,3-5,9-10H2,1-2H3,(H,27,30)(H,32,33)/b28-15-/t16-,17-,20+/m0/s1. The van der Waals surface area contributed by atoms with Crippen molar-refractivity contribution in [2.45, 2.75) is 80.4 Å². The zero-order valence-electron chi connectivity index (χ0n) is 19.2. The molecule has 3 atom stereocenters. The fourth-order valence-electron chi connectivity index (χ4n) is 4.72. The number of β-lactam (4-membered cyclic amide) rings is 1. The number of oxime groups is 1. The molecule has 4 rings (SSSR count). The average Bonchev–Trinajstić information content (AvgIpc) is 3.06. The molecule has 1 aliphatic carbocycles. The lowest BCUT2D eigenvalue weighted by atomic mass is 9.96. The lowest BCUT2D eigenvalue weighted by Gasteiger charge is -2.43. The number of carbonyl (C=O) groups is 3. The van der Waals surface area contributed by atoms with Crippen LogP contribution in [0.25, 0.3) is 0 Å². The molecule has 3 aliphatic rings. The highest BCUT2D eigenvalue weighted by Crippen LogP contribution is 2.50. The molecule has 2 saturated heterocycles. The molecular formula is C23H26F3N3O5S. The summed E-state index contributed by atoms with van der Waals surface area (Å²) in [7, 11) is 0. The molecule has 0 radical (unpaired) electrons. The second-order valence-electron chi connectivity index (χ2n) is 9.43. The Labute approximate surface area is 204 Å². The number of amides is 2. The third-order valence-corrected chi connectivity index (χ3v) is 8.06. The molecule has 190 valence electrons. The SMILES string of the molecule is CC1(C)S[C@@H]2[C@@H](NC(=O)/C(=N\OC3CCCCC3)c3cccc(C(F)(F)F)c3)C(=O)N2[C@H]1C(=O)O. The van der Waals surface area contributed by atoms with Gasteiger partial charge >= 0.3 is 12.1 Å². The summed E-state index contributed by atoms with van der Waals surface area (Å²) in [5.74, 6) is -2.57. The number of thioether (sulfide) groups is 1. The number of alkyl halides is 3. The van der Waals surface area contributed by atoms with Crippen molar-refractivity contribution in [3.8, 4) is 0 Å². The van der Waals surface area contributed by atoms with Crippen LogP contribution in [-0.2, 0) is 25.4 Å². The number of carboxylic acids is 1. The van der Waals surface area contributed by atoms with Crippen molar-refractivity contribution < 1.29 is 37.5 Å². The predicted octanol–water partition coefficient (Wildman–Crippen LogP) is 3.39. The highest BCUT2D eigenvalue weighted by atomic mass is 32.2. The van der Waals surface area contributed by atoms with Gasteiger partial charge in [0.2, 0.25) is 5.91 Å². The number of hydrogen-bond donors (Lipinski definition) is 2. The number of rotatable bonds is 6. The third kappa shape index (κ3) is 4.98. The van der Waals surface area contributed by atoms with Crippen molar-refractivity contribution >= 4 is 35.3 Å². The van der Waals surface area contributed by atoms with Gasteiger partial charge in [-0.2, -0.15) is 13.2 Å². The molecule has 3 fully saturated rings. The molecule has 35 heavy (non-hydrogen) atoms. The van der Waals surface area contributed by atoms with Crippen LogP contribution in [0.2, 0.25) is 0 Å². The minimum Gasteiger partial charge on any atom is -0.480 e. The summed E-state index contributed by atoms with van der Waals surface area (Å²) in [6, 6.07) is 2.11. The number of benzene rings is 1. The highest BCUT2D eigenvalue weighted by molar-refractivity contribution is 8.01. The summed E-state index contributed by atoms with van der Waals surface area (Å²) in [5, 5.41) is 15.4. The van der Waals surface area contributed by atoms with E-state index in [1.807, 2.05) is 0 Å². The van der Waals surface area contributed by atoms with Crippen LogP contribution in [-0.4, -0.2) is 61.8 Å². The van der Waals surface area contributed by atoms with Gasteiger partial charge < -0.3 is 20.2 Å². The van der Waals surface area contributed by atoms with Crippen molar-refractivity contribution in [2.75, 3.05) is 0 Å². The molecule has 12 heteroatoms. The van der Waals surface area contributed by atoms with Crippen LogP contribution < -0.4 is 5.32 Å². The summed E-state index contributed by atoms with van der Waals surface area (Å²) in [4.78, 5) is 44.4. The summed E-state index contributed by atoms with van der Waals surface area (Å²) >= 11 is 1.25. The quantitative estimate of drug-likeness (QED) is 0.343. The van der Waals surface area contributed by atoms with Gasteiger partial charge in [0.25, 0.3) is 5.91 Å². The first-order chi connectivity index (χ1) is 16.4. The molecule has 1 aromatic rings. The van der Waals surface area contributed by atoms with E-state index in [-0.39, 0.29) is 17.4 Å². The van der Waals surface area contributed by atoms with Gasteiger partial charge in [-0.15, -0.1) is 11.8 Å². The first-order valence-corrected chi connectivity index (χ1v) is 12.2. The zero-order valence-corrected chi connectivity index (χ0v) is 20.0. The zero-order chi connectivity index (χ0) is 25.5. The van der Waals surface area contributed by atoms with E-state index >= 15 is 0 Å². The molecule has 2 aliphatic heterocycles. The van der Waals surface area contributed by atoms with E-state index in [2.05, 4.69) is 10.5 Å². The van der Waals surface area contributed by atoms with Crippen LogP contribution in [0.15, 0.2) is 29.4 Å². The van der Waals surface area contributed by atoms with E-state index in [0.717, 1.165) is 44.2 Å². The van der Waals surface area contributed by atoms with Crippen LogP contribution >= 0.6 is 11.8 Å². The summed E-state index contributed by atoms with van der Waals surface area (Å²) in [5.41, 5.74) is -1.42. The molecule has 2 amide bonds. The number of carbonyl (C=O) groups excluding carboxylic acids is 2. The maximum Gasteiger partial charge on any atom is 0.416 e. The molecule has 1 aromatic carbocycles. The van der Waals surface area contributed by atoms with E-state index < -0.39 is 51.7 Å². The van der Waals surface area contributed by atoms with Crippen molar-refractivity contribution in [3.05, 3.63) is 35.4 Å². The van der Waals surface area contributed by atoms with E-state index in [1.54, 1.807) is 13.8 Å². The van der Waals surface area contributed by atoms with Crippen molar-refractivity contribution in [2.24, 2.45) is 5.16 Å². The van der Waals surface area contributed by atoms with E-state index in [4.69, 9.17) is 4.84 Å². The van der Waals surface area contributed by atoms with E-state index in [0.29, 0.717) is 0 Å². The fourth-order valence-corrected chi connectivity index (χ4v) is 6.35. The first kappa shape index (κ1) is 25.3. The van der Waals surface area contributed by atoms with Crippen LogP contribution in [0.1, 0.15) is 57.1 Å². The minimum atomic E-state index is -4.62. The number of hydrogen-bond acceptors (Lipinski definition) is 6. The Morgan fingerprint density at radius 1 is 1.23 bits per heavy atom. The van der Waals surface area contributed by atoms with Crippen molar-refractivity contribution in [3.63, 3.8) is 0 Å². The second-order valence-corrected chi connectivity index (χ2v) is 11.2. The van der Waals surface area contributed by atoms with Crippen molar-refractivity contribution in [1.82, 2.24) is 10.2 Å². The maximum absolute atomic E-state index is 13.3. The molecule has 0 spiro atoms. The number of nitrogens with zero attached hydrogens (tertiary/aromatic N) is 2. The molecule has 0 unspecified atom stereocenters. The largest absolute Gasteiger partial charge is 0.480 e. The normalized spacial score (nSPS) is 26.7. The molecule has 0 aromatic heterocycles. The average molecular weight is 514 g/mol. The minimum absolute atomic E-state index is 0.0976. The molecular weight excluding hydrogens is 487 g/mol. The van der Waals surface area contributed by atoms with Gasteiger partial charge in [0.05, 0.1) is 5.56 Å².